The zero-order valence-electron chi connectivity index (χ0n) is 12.5. The minimum absolute atomic E-state index is 0.00744. The fourth-order valence-corrected chi connectivity index (χ4v) is 3.15. The van der Waals surface area contributed by atoms with Gasteiger partial charge in [-0.1, -0.05) is 0 Å². The smallest absolute Gasteiger partial charge is 0.312 e. The normalized spacial score (nSPS) is 11.7. The highest BCUT2D eigenvalue weighted by molar-refractivity contribution is 7.14. The van der Waals surface area contributed by atoms with Crippen molar-refractivity contribution >= 4 is 45.5 Å². The molecule has 0 spiro atoms. The number of amides is 2. The van der Waals surface area contributed by atoms with Gasteiger partial charge in [0.25, 0.3) is 11.8 Å². The molecule has 0 saturated carbocycles. The molecule has 0 fully saturated rings. The number of primary amides is 1. The van der Waals surface area contributed by atoms with Crippen LogP contribution in [-0.2, 0) is 20.7 Å². The third-order valence-corrected chi connectivity index (χ3v) is 4.49. The number of hydrogen-bond acceptors (Lipinski definition) is 7. The number of carbonyl (C=O) groups excluding carboxylic acids is 3. The van der Waals surface area contributed by atoms with Gasteiger partial charge in [0.05, 0.1) is 22.7 Å². The van der Waals surface area contributed by atoms with E-state index in [1.54, 1.807) is 10.8 Å². The van der Waals surface area contributed by atoms with Crippen molar-refractivity contribution in [3.8, 4) is 0 Å². The van der Waals surface area contributed by atoms with Gasteiger partial charge in [-0.2, -0.15) is 0 Å². The summed E-state index contributed by atoms with van der Waals surface area (Å²) in [4.78, 5) is 39.2. The summed E-state index contributed by atoms with van der Waals surface area (Å²) in [5, 5.41) is 7.13. The van der Waals surface area contributed by atoms with Crippen molar-refractivity contribution in [3.05, 3.63) is 33.1 Å². The number of nitrogens with two attached hydrogens (primary N) is 1. The van der Waals surface area contributed by atoms with Crippen LogP contribution in [0.25, 0.3) is 0 Å². The third kappa shape index (κ3) is 4.60. The molecular formula is C14H15N3O4S2. The molecule has 3 N–H and O–H groups in total. The highest BCUT2D eigenvalue weighted by Crippen LogP contribution is 2.23. The maximum Gasteiger partial charge on any atom is 0.312 e. The van der Waals surface area contributed by atoms with E-state index < -0.39 is 23.9 Å². The van der Waals surface area contributed by atoms with Gasteiger partial charge in [-0.15, -0.1) is 22.7 Å². The van der Waals surface area contributed by atoms with E-state index >= 15 is 0 Å². The van der Waals surface area contributed by atoms with Gasteiger partial charge in [-0.25, -0.2) is 4.98 Å². The Hall–Kier alpha value is -2.26. The van der Waals surface area contributed by atoms with Crippen LogP contribution in [0.1, 0.15) is 28.0 Å². The maximum absolute atomic E-state index is 12.0. The standard InChI is InChI=1S/C14H15N3O4S2/c1-7(21-11(18)5-9-6-23-8(2)16-9)13(20)17-14-10(12(15)19)3-4-22-14/h3-4,6-7H,5H2,1-2H3,(H2,15,19)(H,17,20)/t7-/m0/s1. The Morgan fingerprint density at radius 3 is 2.74 bits per heavy atom. The summed E-state index contributed by atoms with van der Waals surface area (Å²) in [6.07, 6.45) is -0.988. The number of rotatable bonds is 6. The second-order valence-electron chi connectivity index (χ2n) is 4.68. The predicted molar refractivity (Wildman–Crippen MR) is 87.6 cm³/mol. The molecule has 9 heteroatoms. The minimum Gasteiger partial charge on any atom is -0.452 e. The summed E-state index contributed by atoms with van der Waals surface area (Å²) >= 11 is 2.60. The first-order chi connectivity index (χ1) is 10.9. The first kappa shape index (κ1) is 17.1. The van der Waals surface area contributed by atoms with Gasteiger partial charge in [-0.05, 0) is 25.3 Å². The average molecular weight is 353 g/mol. The van der Waals surface area contributed by atoms with E-state index in [1.807, 2.05) is 6.92 Å². The van der Waals surface area contributed by atoms with Crippen LogP contribution in [0.2, 0.25) is 0 Å². The molecule has 0 aliphatic carbocycles. The number of thiazole rings is 1. The number of aryl methyl sites for hydroxylation is 1. The van der Waals surface area contributed by atoms with Gasteiger partial charge in [0.2, 0.25) is 0 Å². The monoisotopic (exact) mass is 353 g/mol. The van der Waals surface area contributed by atoms with Crippen LogP contribution >= 0.6 is 22.7 Å². The molecule has 0 bridgehead atoms. The Bertz CT molecular complexity index is 738. The fourth-order valence-electron chi connectivity index (χ4n) is 1.74. The zero-order valence-corrected chi connectivity index (χ0v) is 14.1. The number of anilines is 1. The SMILES string of the molecule is Cc1nc(CC(=O)O[C@@H](C)C(=O)Nc2sccc2C(N)=O)cs1. The zero-order chi connectivity index (χ0) is 17.0. The van der Waals surface area contributed by atoms with E-state index in [1.165, 1.54) is 35.7 Å². The first-order valence-corrected chi connectivity index (χ1v) is 8.41. The number of ether oxygens (including phenoxy) is 1. The lowest BCUT2D eigenvalue weighted by Gasteiger charge is -2.13. The number of nitrogens with zero attached hydrogens (tertiary/aromatic N) is 1. The van der Waals surface area contributed by atoms with E-state index in [4.69, 9.17) is 10.5 Å². The second kappa shape index (κ2) is 7.34. The average Bonchev–Trinajstić information content (AvgIpc) is 3.07. The topological polar surface area (TPSA) is 111 Å². The van der Waals surface area contributed by atoms with Crippen LogP contribution in [0, 0.1) is 6.92 Å². The molecule has 0 saturated heterocycles. The number of carbonyl (C=O) groups is 3. The Labute approximate surface area is 140 Å². The van der Waals surface area contributed by atoms with E-state index in [0.717, 1.165) is 5.01 Å². The molecule has 0 radical (unpaired) electrons. The molecule has 0 aliphatic heterocycles. The largest absolute Gasteiger partial charge is 0.452 e. The van der Waals surface area contributed by atoms with Crippen LogP contribution in [0.4, 0.5) is 5.00 Å². The number of thiophene rings is 1. The molecule has 122 valence electrons. The van der Waals surface area contributed by atoms with Crippen LogP contribution < -0.4 is 11.1 Å². The van der Waals surface area contributed by atoms with Gasteiger partial charge in [0.1, 0.15) is 5.00 Å². The molecular weight excluding hydrogens is 338 g/mol. The highest BCUT2D eigenvalue weighted by atomic mass is 32.1. The summed E-state index contributed by atoms with van der Waals surface area (Å²) in [6, 6.07) is 1.52. The van der Waals surface area contributed by atoms with Crippen molar-refractivity contribution in [2.24, 2.45) is 5.73 Å². The fraction of sp³-hybridized carbons (Fsp3) is 0.286. The van der Waals surface area contributed by atoms with Crippen molar-refractivity contribution in [1.29, 1.82) is 0 Å². The molecule has 0 unspecified atom stereocenters. The second-order valence-corrected chi connectivity index (χ2v) is 6.66. The van der Waals surface area contributed by atoms with Crippen LogP contribution in [0.5, 0.6) is 0 Å². The van der Waals surface area contributed by atoms with Gasteiger partial charge in [-0.3, -0.25) is 14.4 Å². The summed E-state index contributed by atoms with van der Waals surface area (Å²) in [7, 11) is 0. The van der Waals surface area contributed by atoms with E-state index in [-0.39, 0.29) is 12.0 Å². The lowest BCUT2D eigenvalue weighted by atomic mass is 10.3. The molecule has 23 heavy (non-hydrogen) atoms. The first-order valence-electron chi connectivity index (χ1n) is 6.65. The minimum atomic E-state index is -0.995. The van der Waals surface area contributed by atoms with Crippen LogP contribution in [0.15, 0.2) is 16.8 Å². The summed E-state index contributed by atoms with van der Waals surface area (Å²) in [5.74, 6) is -1.71. The van der Waals surface area contributed by atoms with E-state index in [9.17, 15) is 14.4 Å². The molecule has 2 amide bonds. The number of esters is 1. The van der Waals surface area contributed by atoms with Crippen molar-refractivity contribution in [1.82, 2.24) is 4.98 Å². The molecule has 7 nitrogen and oxygen atoms in total. The molecule has 2 aromatic rings. The third-order valence-electron chi connectivity index (χ3n) is 2.84. The van der Waals surface area contributed by atoms with Gasteiger partial charge < -0.3 is 15.8 Å². The molecule has 1 atom stereocenters. The quantitative estimate of drug-likeness (QED) is 0.768. The van der Waals surface area contributed by atoms with Crippen LogP contribution in [-0.4, -0.2) is 28.9 Å². The van der Waals surface area contributed by atoms with E-state index in [2.05, 4.69) is 10.3 Å². The summed E-state index contributed by atoms with van der Waals surface area (Å²) in [5.41, 5.74) is 6.04. The summed E-state index contributed by atoms with van der Waals surface area (Å²) in [6.45, 7) is 3.30. The van der Waals surface area contributed by atoms with Gasteiger partial charge in [0.15, 0.2) is 6.10 Å². The molecule has 0 aromatic carbocycles. The summed E-state index contributed by atoms with van der Waals surface area (Å²) < 4.78 is 5.08. The molecule has 2 heterocycles. The number of hydrogen-bond donors (Lipinski definition) is 2. The van der Waals surface area contributed by atoms with Crippen molar-refractivity contribution in [2.45, 2.75) is 26.4 Å². The number of aromatic nitrogens is 1. The van der Waals surface area contributed by atoms with Crippen molar-refractivity contribution in [3.63, 3.8) is 0 Å². The van der Waals surface area contributed by atoms with Gasteiger partial charge >= 0.3 is 5.97 Å². The number of nitrogens with one attached hydrogen (secondary N) is 1. The highest BCUT2D eigenvalue weighted by Gasteiger charge is 2.21. The molecule has 2 rings (SSSR count). The Balaban J connectivity index is 1.90. The van der Waals surface area contributed by atoms with Crippen LogP contribution in [0.3, 0.4) is 0 Å². The Kier molecular flexibility index (Phi) is 5.45. The lowest BCUT2D eigenvalue weighted by molar-refractivity contribution is -0.152. The Morgan fingerprint density at radius 1 is 1.39 bits per heavy atom. The Morgan fingerprint density at radius 2 is 2.13 bits per heavy atom. The van der Waals surface area contributed by atoms with Crippen molar-refractivity contribution in [2.75, 3.05) is 5.32 Å². The maximum atomic E-state index is 12.0. The molecule has 2 aromatic heterocycles. The van der Waals surface area contributed by atoms with E-state index in [0.29, 0.717) is 10.7 Å². The van der Waals surface area contributed by atoms with Gasteiger partial charge in [0, 0.05) is 5.38 Å². The lowest BCUT2D eigenvalue weighted by Crippen LogP contribution is -2.31. The van der Waals surface area contributed by atoms with Crippen molar-refractivity contribution < 1.29 is 19.1 Å². The predicted octanol–water partition coefficient (Wildman–Crippen LogP) is 1.72. The molecule has 0 aliphatic rings.